The Bertz CT molecular complexity index is 491. The molecule has 1 atom stereocenters. The van der Waals surface area contributed by atoms with Crippen molar-refractivity contribution < 1.29 is 5.11 Å². The fourth-order valence-electron chi connectivity index (χ4n) is 2.52. The van der Waals surface area contributed by atoms with E-state index in [1.54, 1.807) is 0 Å². The molecular formula is C18H23NO. The molecule has 0 amide bonds. The highest BCUT2D eigenvalue weighted by Gasteiger charge is 2.28. The van der Waals surface area contributed by atoms with E-state index in [1.807, 2.05) is 36.4 Å². The summed E-state index contributed by atoms with van der Waals surface area (Å²) >= 11 is 0. The second-order valence-electron chi connectivity index (χ2n) is 5.25. The van der Waals surface area contributed by atoms with Gasteiger partial charge >= 0.3 is 0 Å². The van der Waals surface area contributed by atoms with E-state index in [-0.39, 0.29) is 12.0 Å². The lowest BCUT2D eigenvalue weighted by molar-refractivity contribution is 0.183. The van der Waals surface area contributed by atoms with Crippen LogP contribution >= 0.6 is 0 Å². The Morgan fingerprint density at radius 2 is 1.55 bits per heavy atom. The molecule has 0 saturated heterocycles. The van der Waals surface area contributed by atoms with Crippen molar-refractivity contribution in [3.8, 4) is 0 Å². The van der Waals surface area contributed by atoms with Crippen molar-refractivity contribution in [1.29, 1.82) is 0 Å². The summed E-state index contributed by atoms with van der Waals surface area (Å²) in [4.78, 5) is 0. The van der Waals surface area contributed by atoms with Gasteiger partial charge in [0.1, 0.15) is 0 Å². The predicted molar refractivity (Wildman–Crippen MR) is 83.6 cm³/mol. The summed E-state index contributed by atoms with van der Waals surface area (Å²) in [6.45, 7) is 3.90. The lowest BCUT2D eigenvalue weighted by Gasteiger charge is -2.31. The average Bonchev–Trinajstić information content (AvgIpc) is 2.54. The largest absolute Gasteiger partial charge is 0.395 e. The van der Waals surface area contributed by atoms with Gasteiger partial charge in [0.15, 0.2) is 0 Å². The number of aliphatic hydroxyl groups is 1. The fraction of sp³-hybridized carbons (Fsp3) is 0.333. The third-order valence-electron chi connectivity index (χ3n) is 4.00. The molecule has 0 aliphatic rings. The summed E-state index contributed by atoms with van der Waals surface area (Å²) in [6, 6.07) is 20.6. The Morgan fingerprint density at radius 3 is 2.10 bits per heavy atom. The first-order valence-corrected chi connectivity index (χ1v) is 7.22. The number of benzene rings is 2. The van der Waals surface area contributed by atoms with Gasteiger partial charge < -0.3 is 10.4 Å². The van der Waals surface area contributed by atoms with Crippen LogP contribution in [0.15, 0.2) is 60.7 Å². The number of hydrogen-bond acceptors (Lipinski definition) is 2. The number of nitrogens with one attached hydrogen (secondary N) is 1. The van der Waals surface area contributed by atoms with Gasteiger partial charge in [-0.2, -0.15) is 0 Å². The van der Waals surface area contributed by atoms with Gasteiger partial charge in [0.2, 0.25) is 0 Å². The predicted octanol–water partition coefficient (Wildman–Crippen LogP) is 3.12. The SMILES string of the molecule is CCC(CO)(CNCc1ccccc1)c1ccccc1. The Balaban J connectivity index is 2.03. The van der Waals surface area contributed by atoms with Crippen LogP contribution in [0.1, 0.15) is 24.5 Å². The fourth-order valence-corrected chi connectivity index (χ4v) is 2.52. The van der Waals surface area contributed by atoms with Crippen molar-refractivity contribution in [2.24, 2.45) is 0 Å². The van der Waals surface area contributed by atoms with E-state index in [4.69, 9.17) is 0 Å². The van der Waals surface area contributed by atoms with Crippen LogP contribution in [-0.2, 0) is 12.0 Å². The van der Waals surface area contributed by atoms with E-state index >= 15 is 0 Å². The second kappa shape index (κ2) is 7.22. The van der Waals surface area contributed by atoms with Crippen LogP contribution in [0.5, 0.6) is 0 Å². The molecule has 106 valence electrons. The normalized spacial score (nSPS) is 13.9. The highest BCUT2D eigenvalue weighted by Crippen LogP contribution is 2.26. The van der Waals surface area contributed by atoms with Gasteiger partial charge in [0, 0.05) is 18.5 Å². The van der Waals surface area contributed by atoms with Crippen LogP contribution in [0.3, 0.4) is 0 Å². The molecule has 2 aromatic carbocycles. The minimum absolute atomic E-state index is 0.162. The van der Waals surface area contributed by atoms with E-state index in [9.17, 15) is 5.11 Å². The summed E-state index contributed by atoms with van der Waals surface area (Å²) in [5, 5.41) is 13.4. The molecule has 2 heteroatoms. The zero-order valence-corrected chi connectivity index (χ0v) is 12.0. The van der Waals surface area contributed by atoms with Crippen molar-refractivity contribution in [3.05, 3.63) is 71.8 Å². The summed E-state index contributed by atoms with van der Waals surface area (Å²) in [5.41, 5.74) is 2.27. The van der Waals surface area contributed by atoms with Gasteiger partial charge in [-0.1, -0.05) is 67.6 Å². The molecule has 0 spiro atoms. The molecule has 0 fully saturated rings. The minimum atomic E-state index is -0.198. The van der Waals surface area contributed by atoms with E-state index < -0.39 is 0 Å². The molecule has 0 aromatic heterocycles. The summed E-state index contributed by atoms with van der Waals surface area (Å²) in [5.74, 6) is 0. The molecule has 1 unspecified atom stereocenters. The molecule has 0 bridgehead atoms. The average molecular weight is 269 g/mol. The molecule has 0 aliphatic carbocycles. The van der Waals surface area contributed by atoms with Gasteiger partial charge in [-0.3, -0.25) is 0 Å². The van der Waals surface area contributed by atoms with Crippen LogP contribution < -0.4 is 5.32 Å². The van der Waals surface area contributed by atoms with Crippen molar-refractivity contribution in [1.82, 2.24) is 5.32 Å². The van der Waals surface area contributed by atoms with Crippen LogP contribution in [0.25, 0.3) is 0 Å². The van der Waals surface area contributed by atoms with Gasteiger partial charge in [0.05, 0.1) is 6.61 Å². The zero-order chi connectivity index (χ0) is 14.3. The topological polar surface area (TPSA) is 32.3 Å². The molecular weight excluding hydrogens is 246 g/mol. The maximum atomic E-state index is 9.89. The quantitative estimate of drug-likeness (QED) is 0.809. The standard InChI is InChI=1S/C18H23NO/c1-2-18(15-20,17-11-7-4-8-12-17)14-19-13-16-9-5-3-6-10-16/h3-12,19-20H,2,13-15H2,1H3. The summed E-state index contributed by atoms with van der Waals surface area (Å²) in [6.07, 6.45) is 0.912. The highest BCUT2D eigenvalue weighted by molar-refractivity contribution is 5.26. The van der Waals surface area contributed by atoms with Crippen molar-refractivity contribution in [2.75, 3.05) is 13.2 Å². The second-order valence-corrected chi connectivity index (χ2v) is 5.25. The third kappa shape index (κ3) is 3.47. The van der Waals surface area contributed by atoms with Crippen molar-refractivity contribution in [3.63, 3.8) is 0 Å². The maximum Gasteiger partial charge on any atom is 0.0540 e. The minimum Gasteiger partial charge on any atom is -0.395 e. The Kier molecular flexibility index (Phi) is 5.33. The first kappa shape index (κ1) is 14.8. The van der Waals surface area contributed by atoms with E-state index in [2.05, 4.69) is 36.5 Å². The zero-order valence-electron chi connectivity index (χ0n) is 12.0. The van der Waals surface area contributed by atoms with Gasteiger partial charge in [0.25, 0.3) is 0 Å². The first-order chi connectivity index (χ1) is 9.80. The molecule has 2 N–H and O–H groups in total. The van der Waals surface area contributed by atoms with Crippen molar-refractivity contribution in [2.45, 2.75) is 25.3 Å². The molecule has 2 aromatic rings. The van der Waals surface area contributed by atoms with Crippen LogP contribution in [0, 0.1) is 0 Å². The first-order valence-electron chi connectivity index (χ1n) is 7.22. The van der Waals surface area contributed by atoms with Crippen LogP contribution in [-0.4, -0.2) is 18.3 Å². The molecule has 2 nitrogen and oxygen atoms in total. The van der Waals surface area contributed by atoms with Crippen molar-refractivity contribution >= 4 is 0 Å². The van der Waals surface area contributed by atoms with Gasteiger partial charge in [-0.15, -0.1) is 0 Å². The molecule has 2 rings (SSSR count). The van der Waals surface area contributed by atoms with E-state index in [0.717, 1.165) is 19.5 Å². The van der Waals surface area contributed by atoms with Gasteiger partial charge in [-0.25, -0.2) is 0 Å². The highest BCUT2D eigenvalue weighted by atomic mass is 16.3. The molecule has 20 heavy (non-hydrogen) atoms. The molecule has 0 radical (unpaired) electrons. The molecule has 0 saturated carbocycles. The Morgan fingerprint density at radius 1 is 0.950 bits per heavy atom. The van der Waals surface area contributed by atoms with E-state index in [1.165, 1.54) is 11.1 Å². The molecule has 0 heterocycles. The maximum absolute atomic E-state index is 9.89. The number of rotatable bonds is 7. The Labute approximate surface area is 121 Å². The smallest absolute Gasteiger partial charge is 0.0540 e. The monoisotopic (exact) mass is 269 g/mol. The molecule has 0 aliphatic heterocycles. The third-order valence-corrected chi connectivity index (χ3v) is 4.00. The number of hydrogen-bond donors (Lipinski definition) is 2. The number of aliphatic hydroxyl groups excluding tert-OH is 1. The lowest BCUT2D eigenvalue weighted by Crippen LogP contribution is -2.40. The van der Waals surface area contributed by atoms with E-state index in [0.29, 0.717) is 0 Å². The van der Waals surface area contributed by atoms with Crippen LogP contribution in [0.2, 0.25) is 0 Å². The Hall–Kier alpha value is -1.64. The summed E-state index contributed by atoms with van der Waals surface area (Å²) < 4.78 is 0. The summed E-state index contributed by atoms with van der Waals surface area (Å²) in [7, 11) is 0. The van der Waals surface area contributed by atoms with Crippen LogP contribution in [0.4, 0.5) is 0 Å². The lowest BCUT2D eigenvalue weighted by atomic mass is 9.78. The van der Waals surface area contributed by atoms with Gasteiger partial charge in [-0.05, 0) is 17.5 Å².